The summed E-state index contributed by atoms with van der Waals surface area (Å²) in [7, 11) is -7.96. The van der Waals surface area contributed by atoms with Crippen molar-refractivity contribution < 1.29 is 16.8 Å². The summed E-state index contributed by atoms with van der Waals surface area (Å²) in [5.41, 5.74) is 9.28. The first-order valence-electron chi connectivity index (χ1n) is 23.9. The van der Waals surface area contributed by atoms with E-state index < -0.39 is 19.7 Å². The number of nitrogens with zero attached hydrogens (tertiary/aromatic N) is 6. The van der Waals surface area contributed by atoms with Crippen LogP contribution in [0.15, 0.2) is 249 Å². The Morgan fingerprint density at radius 1 is 0.429 bits per heavy atom. The van der Waals surface area contributed by atoms with E-state index in [1.807, 2.05) is 121 Å². The molecule has 3 heterocycles. The summed E-state index contributed by atoms with van der Waals surface area (Å²) >= 11 is 1.68. The fourth-order valence-corrected chi connectivity index (χ4v) is 14.1. The standard InChI is InChI=1S/C64H38N6O4S3/c1-67-64(68-2)63-55-18-10-12-20-59(55)77(73,74)61(63)40-44-23-31-51(32-24-44)70(49-15-7-4-8-16-49)53-35-27-46(28-36-53)57-38-37-56(75-57)45-25-33-52(34-26-45)69(48-13-5-3-6-14-48)50-29-21-43(22-30-50)39-60-62(47(41-65)42-66)54-17-9-11-19-58(54)76(60,71)72/h3-40H/b60-39-,61-40-. The Labute approximate surface area is 450 Å². The summed E-state index contributed by atoms with van der Waals surface area (Å²) in [6, 6.07) is 72.5. The number of benzene rings is 8. The summed E-state index contributed by atoms with van der Waals surface area (Å²) in [6.45, 7) is 15.3. The predicted molar refractivity (Wildman–Crippen MR) is 306 cm³/mol. The second-order valence-corrected chi connectivity index (χ2v) is 22.6. The molecule has 0 saturated heterocycles. The molecule has 9 aromatic rings. The van der Waals surface area contributed by atoms with E-state index in [-0.39, 0.29) is 42.1 Å². The zero-order chi connectivity index (χ0) is 53.3. The van der Waals surface area contributed by atoms with Gasteiger partial charge < -0.3 is 9.80 Å². The highest BCUT2D eigenvalue weighted by atomic mass is 32.2. The van der Waals surface area contributed by atoms with Gasteiger partial charge in [-0.3, -0.25) is 0 Å². The molecular formula is C64H38N6O4S3. The summed E-state index contributed by atoms with van der Waals surface area (Å²) in [5, 5.41) is 19.6. The minimum atomic E-state index is -3.99. The topological polar surface area (TPSA) is 131 Å². The minimum absolute atomic E-state index is 0.0669. The van der Waals surface area contributed by atoms with Gasteiger partial charge in [-0.25, -0.2) is 16.8 Å². The third kappa shape index (κ3) is 8.99. The molecule has 0 amide bonds. The summed E-state index contributed by atoms with van der Waals surface area (Å²) in [4.78, 5) is 13.2. The van der Waals surface area contributed by atoms with Crippen LogP contribution in [0.3, 0.4) is 0 Å². The molecule has 0 saturated carbocycles. The Balaban J connectivity index is 0.847. The van der Waals surface area contributed by atoms with Crippen LogP contribution in [0.25, 0.3) is 53.9 Å². The zero-order valence-electron chi connectivity index (χ0n) is 40.5. The van der Waals surface area contributed by atoms with E-state index in [0.717, 1.165) is 55.0 Å². The van der Waals surface area contributed by atoms with Gasteiger partial charge in [0.05, 0.1) is 25.2 Å². The molecule has 0 spiro atoms. The van der Waals surface area contributed by atoms with E-state index in [1.54, 1.807) is 47.7 Å². The maximum atomic E-state index is 13.8. The average Bonchev–Trinajstić information content (AvgIpc) is 4.25. The van der Waals surface area contributed by atoms with E-state index in [9.17, 15) is 27.4 Å². The fraction of sp³-hybridized carbons (Fsp3) is 0. The second-order valence-electron chi connectivity index (χ2n) is 17.7. The second kappa shape index (κ2) is 20.3. The molecule has 0 unspecified atom stereocenters. The number of allylic oxidation sites excluding steroid dienone is 3. The summed E-state index contributed by atoms with van der Waals surface area (Å²) in [5.74, 6) is -0.295. The van der Waals surface area contributed by atoms with Crippen molar-refractivity contribution in [2.24, 2.45) is 0 Å². The lowest BCUT2D eigenvalue weighted by Gasteiger charge is -2.25. The Kier molecular flexibility index (Phi) is 12.9. The SMILES string of the molecule is [C-]#[N+]C([N+]#[C-])=C1/C(=C/c2ccc(N(c3ccccc3)c3ccc(-c4ccc(-c5ccc(N(c6ccccc6)c6ccc(/C=C7/C(=C(C#N)C#N)c8ccccc8S7(=O)=O)cc6)cc5)s4)cc3)cc2)S(=O)(=O)c2ccccc21. The maximum absolute atomic E-state index is 13.8. The molecule has 13 heteroatoms. The molecule has 77 heavy (non-hydrogen) atoms. The summed E-state index contributed by atoms with van der Waals surface area (Å²) in [6.07, 6.45) is 3.05. The highest BCUT2D eigenvalue weighted by Crippen LogP contribution is 2.48. The van der Waals surface area contributed by atoms with Crippen molar-refractivity contribution in [3.05, 3.63) is 285 Å². The monoisotopic (exact) mass is 1050 g/mol. The average molecular weight is 1050 g/mol. The Morgan fingerprint density at radius 2 is 0.766 bits per heavy atom. The first-order chi connectivity index (χ1) is 37.5. The summed E-state index contributed by atoms with van der Waals surface area (Å²) < 4.78 is 55.1. The van der Waals surface area contributed by atoms with Gasteiger partial charge in [0.25, 0.3) is 0 Å². The molecule has 0 bridgehead atoms. The van der Waals surface area contributed by atoms with Gasteiger partial charge in [0.15, 0.2) is 0 Å². The number of para-hydroxylation sites is 2. The van der Waals surface area contributed by atoms with E-state index in [2.05, 4.69) is 80.2 Å². The van der Waals surface area contributed by atoms with Gasteiger partial charge in [-0.05, 0) is 137 Å². The largest absolute Gasteiger partial charge is 0.528 e. The molecule has 366 valence electrons. The van der Waals surface area contributed by atoms with Crippen LogP contribution in [-0.4, -0.2) is 16.8 Å². The minimum Gasteiger partial charge on any atom is -0.311 e. The molecule has 0 fully saturated rings. The number of thiophene rings is 1. The van der Waals surface area contributed by atoms with Crippen LogP contribution in [0.2, 0.25) is 0 Å². The number of anilines is 6. The molecule has 11 rings (SSSR count). The lowest BCUT2D eigenvalue weighted by Crippen LogP contribution is -2.09. The van der Waals surface area contributed by atoms with Crippen molar-refractivity contribution in [1.29, 1.82) is 10.5 Å². The normalized spacial score (nSPS) is 14.6. The Bertz CT molecular complexity index is 4050. The molecule has 2 aliphatic rings. The number of nitriles is 2. The van der Waals surface area contributed by atoms with Crippen molar-refractivity contribution in [2.45, 2.75) is 9.79 Å². The first-order valence-corrected chi connectivity index (χ1v) is 27.7. The molecule has 0 atom stereocenters. The lowest BCUT2D eigenvalue weighted by molar-refractivity contribution is 0.603. The molecule has 0 aliphatic carbocycles. The maximum Gasteiger partial charge on any atom is 0.528 e. The van der Waals surface area contributed by atoms with Crippen molar-refractivity contribution in [2.75, 3.05) is 9.80 Å². The van der Waals surface area contributed by atoms with Crippen LogP contribution in [0.4, 0.5) is 34.1 Å². The van der Waals surface area contributed by atoms with Gasteiger partial charge in [-0.1, -0.05) is 121 Å². The van der Waals surface area contributed by atoms with Gasteiger partial charge in [-0.2, -0.15) is 20.2 Å². The highest BCUT2D eigenvalue weighted by molar-refractivity contribution is 7.97. The smallest absolute Gasteiger partial charge is 0.311 e. The number of hydrogen-bond acceptors (Lipinski definition) is 9. The van der Waals surface area contributed by atoms with Crippen molar-refractivity contribution >= 4 is 88.4 Å². The Hall–Kier alpha value is -10.1. The molecule has 10 nitrogen and oxygen atoms in total. The van der Waals surface area contributed by atoms with Crippen molar-refractivity contribution in [3.8, 4) is 33.0 Å². The number of sulfone groups is 2. The molecular weight excluding hydrogens is 1010 g/mol. The van der Waals surface area contributed by atoms with Crippen LogP contribution in [0, 0.1) is 35.8 Å². The molecule has 0 N–H and O–H groups in total. The zero-order valence-corrected chi connectivity index (χ0v) is 42.9. The number of rotatable bonds is 10. The lowest BCUT2D eigenvalue weighted by atomic mass is 9.99. The van der Waals surface area contributed by atoms with Crippen LogP contribution in [0.5, 0.6) is 0 Å². The van der Waals surface area contributed by atoms with E-state index in [1.165, 1.54) is 24.3 Å². The highest BCUT2D eigenvalue weighted by Gasteiger charge is 2.41. The fourth-order valence-electron chi connectivity index (χ4n) is 9.64. The quantitative estimate of drug-likeness (QED) is 0.0977. The number of fused-ring (bicyclic) bond motifs is 2. The first kappa shape index (κ1) is 49.1. The van der Waals surface area contributed by atoms with Crippen LogP contribution < -0.4 is 9.80 Å². The molecule has 1 aromatic heterocycles. The van der Waals surface area contributed by atoms with Crippen LogP contribution >= 0.6 is 11.3 Å². The van der Waals surface area contributed by atoms with Gasteiger partial charge in [0, 0.05) is 55.0 Å². The Morgan fingerprint density at radius 3 is 1.16 bits per heavy atom. The van der Waals surface area contributed by atoms with Gasteiger partial charge in [0.2, 0.25) is 19.7 Å². The molecule has 0 radical (unpaired) electrons. The number of hydrogen-bond donors (Lipinski definition) is 0. The third-order valence-corrected chi connectivity index (χ3v) is 18.1. The molecule has 8 aromatic carbocycles. The van der Waals surface area contributed by atoms with Gasteiger partial charge >= 0.3 is 5.82 Å². The van der Waals surface area contributed by atoms with Crippen molar-refractivity contribution in [3.63, 3.8) is 0 Å². The third-order valence-electron chi connectivity index (χ3n) is 13.2. The van der Waals surface area contributed by atoms with E-state index >= 15 is 0 Å². The molecule has 2 aliphatic heterocycles. The van der Waals surface area contributed by atoms with Crippen LogP contribution in [-0.2, 0) is 19.7 Å². The van der Waals surface area contributed by atoms with Gasteiger partial charge in [-0.15, -0.1) is 11.3 Å². The van der Waals surface area contributed by atoms with Crippen LogP contribution in [0.1, 0.15) is 22.3 Å². The van der Waals surface area contributed by atoms with Crippen molar-refractivity contribution in [1.82, 2.24) is 0 Å². The predicted octanol–water partition coefficient (Wildman–Crippen LogP) is 16.0. The van der Waals surface area contributed by atoms with E-state index in [4.69, 9.17) is 13.1 Å². The van der Waals surface area contributed by atoms with E-state index in [0.29, 0.717) is 22.3 Å². The van der Waals surface area contributed by atoms with Gasteiger partial charge in [0.1, 0.15) is 30.9 Å².